The second-order valence-electron chi connectivity index (χ2n) is 4.71. The van der Waals surface area contributed by atoms with Crippen LogP contribution in [-0.4, -0.2) is 33.6 Å². The summed E-state index contributed by atoms with van der Waals surface area (Å²) in [4.78, 5) is 0. The minimum atomic E-state index is 0.383. The van der Waals surface area contributed by atoms with Crippen LogP contribution < -0.4 is 29.6 Å². The molecule has 0 saturated carbocycles. The predicted octanol–water partition coefficient (Wildman–Crippen LogP) is 3.53. The summed E-state index contributed by atoms with van der Waals surface area (Å²) in [6.45, 7) is 0. The third-order valence-electron chi connectivity index (χ3n) is 3.31. The maximum atomic E-state index is 5.38. The van der Waals surface area contributed by atoms with Crippen LogP contribution in [0.4, 0.5) is 11.4 Å². The zero-order valence-electron chi connectivity index (χ0n) is 14.0. The van der Waals surface area contributed by atoms with E-state index in [4.69, 9.17) is 31.2 Å². The smallest absolute Gasteiger partial charge is 0.175 e. The van der Waals surface area contributed by atoms with Crippen LogP contribution in [-0.2, 0) is 0 Å². The summed E-state index contributed by atoms with van der Waals surface area (Å²) >= 11 is 5.38. The maximum absolute atomic E-state index is 5.38. The molecule has 0 unspecified atom stereocenters. The maximum Gasteiger partial charge on any atom is 0.175 e. The van der Waals surface area contributed by atoms with Crippen LogP contribution in [0.15, 0.2) is 36.4 Å². The molecule has 0 saturated heterocycles. The largest absolute Gasteiger partial charge is 0.497 e. The molecular weight excluding hydrogens is 328 g/mol. The summed E-state index contributed by atoms with van der Waals surface area (Å²) in [6.07, 6.45) is 0. The predicted molar refractivity (Wildman–Crippen MR) is 98.9 cm³/mol. The fraction of sp³-hybridized carbons (Fsp3) is 0.235. The SMILES string of the molecule is COc1ccc(OC)c(NC(=S)Nc2cc(OC)ccc2OC)c1. The van der Waals surface area contributed by atoms with Crippen molar-refractivity contribution in [3.8, 4) is 23.0 Å². The van der Waals surface area contributed by atoms with Crippen molar-refractivity contribution in [1.29, 1.82) is 0 Å². The molecule has 6 nitrogen and oxygen atoms in total. The first-order valence-electron chi connectivity index (χ1n) is 7.13. The van der Waals surface area contributed by atoms with Gasteiger partial charge in [0.05, 0.1) is 39.8 Å². The molecule has 7 heteroatoms. The number of hydrogen-bond donors (Lipinski definition) is 2. The van der Waals surface area contributed by atoms with E-state index in [2.05, 4.69) is 10.6 Å². The molecule has 0 fully saturated rings. The van der Waals surface area contributed by atoms with E-state index in [1.807, 2.05) is 12.1 Å². The van der Waals surface area contributed by atoms with Gasteiger partial charge in [-0.3, -0.25) is 0 Å². The van der Waals surface area contributed by atoms with E-state index in [1.54, 1.807) is 52.7 Å². The molecule has 128 valence electrons. The zero-order chi connectivity index (χ0) is 17.5. The van der Waals surface area contributed by atoms with Crippen molar-refractivity contribution in [3.63, 3.8) is 0 Å². The fourth-order valence-corrected chi connectivity index (χ4v) is 2.32. The first-order valence-corrected chi connectivity index (χ1v) is 7.54. The lowest BCUT2D eigenvalue weighted by Gasteiger charge is -2.16. The molecular formula is C17H20N2O4S. The van der Waals surface area contributed by atoms with Gasteiger partial charge in [-0.1, -0.05) is 0 Å². The highest BCUT2D eigenvalue weighted by Gasteiger charge is 2.10. The number of hydrogen-bond acceptors (Lipinski definition) is 5. The van der Waals surface area contributed by atoms with E-state index < -0.39 is 0 Å². The molecule has 0 radical (unpaired) electrons. The highest BCUT2D eigenvalue weighted by Crippen LogP contribution is 2.31. The summed E-state index contributed by atoms with van der Waals surface area (Å²) in [5, 5.41) is 6.57. The third kappa shape index (κ3) is 4.20. The van der Waals surface area contributed by atoms with E-state index in [-0.39, 0.29) is 0 Å². The van der Waals surface area contributed by atoms with Gasteiger partial charge in [0.2, 0.25) is 0 Å². The van der Waals surface area contributed by atoms with Gasteiger partial charge >= 0.3 is 0 Å². The number of nitrogens with one attached hydrogen (secondary N) is 2. The van der Waals surface area contributed by atoms with E-state index in [9.17, 15) is 0 Å². The molecule has 0 aliphatic heterocycles. The van der Waals surface area contributed by atoms with Crippen molar-refractivity contribution >= 4 is 28.7 Å². The zero-order valence-corrected chi connectivity index (χ0v) is 14.8. The molecule has 0 spiro atoms. The van der Waals surface area contributed by atoms with Crippen LogP contribution >= 0.6 is 12.2 Å². The van der Waals surface area contributed by atoms with Gasteiger partial charge in [0.15, 0.2) is 5.11 Å². The highest BCUT2D eigenvalue weighted by atomic mass is 32.1. The lowest BCUT2D eigenvalue weighted by Crippen LogP contribution is -2.20. The fourth-order valence-electron chi connectivity index (χ4n) is 2.10. The van der Waals surface area contributed by atoms with Gasteiger partial charge in [-0.05, 0) is 36.5 Å². The first-order chi connectivity index (χ1) is 11.6. The van der Waals surface area contributed by atoms with Crippen molar-refractivity contribution in [3.05, 3.63) is 36.4 Å². The number of thiocarbonyl (C=S) groups is 1. The van der Waals surface area contributed by atoms with E-state index >= 15 is 0 Å². The standard InChI is InChI=1S/C17H20N2O4S/c1-20-11-5-7-15(22-3)13(9-11)18-17(24)19-14-10-12(21-2)6-8-16(14)23-4/h5-10H,1-4H3,(H2,18,19,24). The Balaban J connectivity index is 2.19. The van der Waals surface area contributed by atoms with Crippen molar-refractivity contribution in [2.75, 3.05) is 39.1 Å². The summed E-state index contributed by atoms with van der Waals surface area (Å²) in [7, 11) is 6.38. The van der Waals surface area contributed by atoms with Crippen molar-refractivity contribution in [2.24, 2.45) is 0 Å². The Bertz CT molecular complexity index is 662. The van der Waals surface area contributed by atoms with Gasteiger partial charge in [0.1, 0.15) is 23.0 Å². The second kappa shape index (κ2) is 8.26. The lowest BCUT2D eigenvalue weighted by atomic mass is 10.2. The normalized spacial score (nSPS) is 9.83. The number of methoxy groups -OCH3 is 4. The average molecular weight is 348 g/mol. The first kappa shape index (κ1) is 17.7. The van der Waals surface area contributed by atoms with Crippen molar-refractivity contribution in [2.45, 2.75) is 0 Å². The second-order valence-corrected chi connectivity index (χ2v) is 5.12. The van der Waals surface area contributed by atoms with Gasteiger partial charge in [0, 0.05) is 12.1 Å². The highest BCUT2D eigenvalue weighted by molar-refractivity contribution is 7.80. The summed E-state index contributed by atoms with van der Waals surface area (Å²) < 4.78 is 21.1. The van der Waals surface area contributed by atoms with Crippen LogP contribution in [0, 0.1) is 0 Å². The van der Waals surface area contributed by atoms with Crippen LogP contribution in [0.5, 0.6) is 23.0 Å². The van der Waals surface area contributed by atoms with Gasteiger partial charge in [-0.25, -0.2) is 0 Å². The van der Waals surface area contributed by atoms with Crippen molar-refractivity contribution < 1.29 is 18.9 Å². The molecule has 0 bridgehead atoms. The monoisotopic (exact) mass is 348 g/mol. The topological polar surface area (TPSA) is 61.0 Å². The van der Waals surface area contributed by atoms with E-state index in [1.165, 1.54) is 0 Å². The van der Waals surface area contributed by atoms with Crippen LogP contribution in [0.2, 0.25) is 0 Å². The molecule has 24 heavy (non-hydrogen) atoms. The Morgan fingerprint density at radius 3 is 1.46 bits per heavy atom. The Kier molecular flexibility index (Phi) is 6.08. The summed E-state index contributed by atoms with van der Waals surface area (Å²) in [5.41, 5.74) is 1.38. The Hall–Kier alpha value is -2.67. The average Bonchev–Trinajstić information content (AvgIpc) is 2.61. The Labute approximate surface area is 146 Å². The van der Waals surface area contributed by atoms with E-state index in [0.29, 0.717) is 39.5 Å². The van der Waals surface area contributed by atoms with Gasteiger partial charge in [-0.15, -0.1) is 0 Å². The number of benzene rings is 2. The van der Waals surface area contributed by atoms with E-state index in [0.717, 1.165) is 0 Å². The van der Waals surface area contributed by atoms with Crippen LogP contribution in [0.1, 0.15) is 0 Å². The van der Waals surface area contributed by atoms with Gasteiger partial charge in [0.25, 0.3) is 0 Å². The lowest BCUT2D eigenvalue weighted by molar-refractivity contribution is 0.404. The third-order valence-corrected chi connectivity index (χ3v) is 3.51. The molecule has 2 rings (SSSR count). The molecule has 0 aliphatic carbocycles. The molecule has 2 N–H and O–H groups in total. The number of ether oxygens (including phenoxy) is 4. The molecule has 2 aromatic carbocycles. The summed E-state index contributed by atoms with van der Waals surface area (Å²) in [5.74, 6) is 2.69. The molecule has 2 aromatic rings. The molecule has 0 heterocycles. The quantitative estimate of drug-likeness (QED) is 0.774. The molecule has 0 aromatic heterocycles. The Morgan fingerprint density at radius 1 is 0.708 bits per heavy atom. The number of rotatable bonds is 6. The molecule has 0 amide bonds. The van der Waals surface area contributed by atoms with Crippen LogP contribution in [0.3, 0.4) is 0 Å². The van der Waals surface area contributed by atoms with Gasteiger partial charge in [-0.2, -0.15) is 0 Å². The van der Waals surface area contributed by atoms with Crippen LogP contribution in [0.25, 0.3) is 0 Å². The van der Waals surface area contributed by atoms with Gasteiger partial charge < -0.3 is 29.6 Å². The molecule has 0 aliphatic rings. The molecule has 0 atom stereocenters. The van der Waals surface area contributed by atoms with Crippen molar-refractivity contribution in [1.82, 2.24) is 0 Å². The number of anilines is 2. The minimum Gasteiger partial charge on any atom is -0.497 e. The summed E-state index contributed by atoms with van der Waals surface area (Å²) in [6, 6.07) is 10.8. The minimum absolute atomic E-state index is 0.383. The Morgan fingerprint density at radius 2 is 1.12 bits per heavy atom.